The summed E-state index contributed by atoms with van der Waals surface area (Å²) in [6, 6.07) is 0. The molecule has 1 heterocycles. The number of rotatable bonds is 7. The molecule has 3 fully saturated rings. The van der Waals surface area contributed by atoms with Crippen LogP contribution in [0.1, 0.15) is 38.5 Å². The number of ether oxygens (including phenoxy) is 1. The van der Waals surface area contributed by atoms with Crippen LogP contribution in [0, 0.1) is 17.3 Å². The van der Waals surface area contributed by atoms with Gasteiger partial charge in [0.25, 0.3) is 0 Å². The zero-order valence-electron chi connectivity index (χ0n) is 11.6. The lowest BCUT2D eigenvalue weighted by atomic mass is 9.82. The van der Waals surface area contributed by atoms with Crippen molar-refractivity contribution < 1.29 is 4.74 Å². The first-order chi connectivity index (χ1) is 8.80. The maximum Gasteiger partial charge on any atom is 0.0546 e. The second-order valence-corrected chi connectivity index (χ2v) is 6.94. The standard InChI is InChI=1S/C15H28N2O/c16-10-15(6-1-7-18-12-15)11-17(8-13-2-3-13)9-14-4-5-14/h13-14H,1-12,16H2. The van der Waals surface area contributed by atoms with Gasteiger partial charge >= 0.3 is 0 Å². The Hall–Kier alpha value is -0.120. The Balaban J connectivity index is 1.57. The summed E-state index contributed by atoms with van der Waals surface area (Å²) in [4.78, 5) is 2.72. The second kappa shape index (κ2) is 5.48. The minimum Gasteiger partial charge on any atom is -0.381 e. The van der Waals surface area contributed by atoms with Gasteiger partial charge in [0.1, 0.15) is 0 Å². The van der Waals surface area contributed by atoms with Crippen LogP contribution in [-0.2, 0) is 4.74 Å². The smallest absolute Gasteiger partial charge is 0.0546 e. The van der Waals surface area contributed by atoms with Crippen molar-refractivity contribution >= 4 is 0 Å². The first-order valence-electron chi connectivity index (χ1n) is 7.80. The molecule has 0 radical (unpaired) electrons. The average molecular weight is 252 g/mol. The van der Waals surface area contributed by atoms with Crippen molar-refractivity contribution in [2.45, 2.75) is 38.5 Å². The van der Waals surface area contributed by atoms with Crippen LogP contribution in [-0.4, -0.2) is 44.3 Å². The zero-order valence-corrected chi connectivity index (χ0v) is 11.6. The summed E-state index contributed by atoms with van der Waals surface area (Å²) >= 11 is 0. The number of hydrogen-bond donors (Lipinski definition) is 1. The van der Waals surface area contributed by atoms with E-state index in [9.17, 15) is 0 Å². The Morgan fingerprint density at radius 3 is 2.22 bits per heavy atom. The molecule has 2 saturated carbocycles. The molecule has 1 saturated heterocycles. The van der Waals surface area contributed by atoms with Crippen molar-refractivity contribution in [3.8, 4) is 0 Å². The first kappa shape index (κ1) is 12.9. The van der Waals surface area contributed by atoms with E-state index in [1.54, 1.807) is 0 Å². The van der Waals surface area contributed by atoms with Crippen LogP contribution in [0.3, 0.4) is 0 Å². The molecule has 0 amide bonds. The molecule has 0 bridgehead atoms. The molecule has 0 aromatic rings. The molecule has 3 aliphatic rings. The van der Waals surface area contributed by atoms with Crippen LogP contribution in [0.25, 0.3) is 0 Å². The van der Waals surface area contributed by atoms with Gasteiger partial charge < -0.3 is 15.4 Å². The van der Waals surface area contributed by atoms with Gasteiger partial charge in [0.2, 0.25) is 0 Å². The van der Waals surface area contributed by atoms with Crippen LogP contribution in [0.4, 0.5) is 0 Å². The molecule has 3 nitrogen and oxygen atoms in total. The fourth-order valence-corrected chi connectivity index (χ4v) is 3.27. The number of nitrogens with zero attached hydrogens (tertiary/aromatic N) is 1. The molecule has 0 spiro atoms. The summed E-state index contributed by atoms with van der Waals surface area (Å²) < 4.78 is 5.71. The Morgan fingerprint density at radius 2 is 1.78 bits per heavy atom. The molecule has 0 aromatic heterocycles. The molecule has 104 valence electrons. The lowest BCUT2D eigenvalue weighted by Gasteiger charge is -2.40. The summed E-state index contributed by atoms with van der Waals surface area (Å²) in [5, 5.41) is 0. The van der Waals surface area contributed by atoms with Crippen LogP contribution < -0.4 is 5.73 Å². The summed E-state index contributed by atoms with van der Waals surface area (Å²) in [5.41, 5.74) is 6.32. The van der Waals surface area contributed by atoms with E-state index in [0.717, 1.165) is 31.6 Å². The highest BCUT2D eigenvalue weighted by Crippen LogP contribution is 2.36. The predicted molar refractivity (Wildman–Crippen MR) is 73.4 cm³/mol. The molecule has 3 rings (SSSR count). The minimum atomic E-state index is 0.252. The molecular formula is C15H28N2O. The molecule has 2 aliphatic carbocycles. The van der Waals surface area contributed by atoms with Gasteiger partial charge in [-0.15, -0.1) is 0 Å². The van der Waals surface area contributed by atoms with E-state index in [-0.39, 0.29) is 5.41 Å². The van der Waals surface area contributed by atoms with Crippen molar-refractivity contribution in [1.82, 2.24) is 4.90 Å². The van der Waals surface area contributed by atoms with E-state index in [4.69, 9.17) is 10.5 Å². The van der Waals surface area contributed by atoms with E-state index in [0.29, 0.717) is 0 Å². The maximum absolute atomic E-state index is 6.07. The Bertz CT molecular complexity index is 254. The highest BCUT2D eigenvalue weighted by atomic mass is 16.5. The molecule has 0 aromatic carbocycles. The van der Waals surface area contributed by atoms with E-state index >= 15 is 0 Å². The summed E-state index contributed by atoms with van der Waals surface area (Å²) in [5.74, 6) is 1.98. The van der Waals surface area contributed by atoms with Gasteiger partial charge in [0, 0.05) is 38.2 Å². The van der Waals surface area contributed by atoms with Crippen molar-refractivity contribution in [2.24, 2.45) is 23.0 Å². The Kier molecular flexibility index (Phi) is 3.92. The van der Waals surface area contributed by atoms with E-state index in [1.807, 2.05) is 0 Å². The lowest BCUT2D eigenvalue weighted by molar-refractivity contribution is -0.0231. The van der Waals surface area contributed by atoms with Crippen LogP contribution in [0.15, 0.2) is 0 Å². The van der Waals surface area contributed by atoms with E-state index in [2.05, 4.69) is 4.90 Å². The van der Waals surface area contributed by atoms with Gasteiger partial charge in [-0.1, -0.05) is 0 Å². The molecular weight excluding hydrogens is 224 g/mol. The summed E-state index contributed by atoms with van der Waals surface area (Å²) in [6.45, 7) is 6.42. The molecule has 1 aliphatic heterocycles. The van der Waals surface area contributed by atoms with Gasteiger partial charge in [0.15, 0.2) is 0 Å². The van der Waals surface area contributed by atoms with Gasteiger partial charge in [-0.25, -0.2) is 0 Å². The molecule has 1 unspecified atom stereocenters. The van der Waals surface area contributed by atoms with E-state index in [1.165, 1.54) is 58.2 Å². The van der Waals surface area contributed by atoms with Crippen LogP contribution in [0.5, 0.6) is 0 Å². The first-order valence-corrected chi connectivity index (χ1v) is 7.80. The quantitative estimate of drug-likeness (QED) is 0.751. The molecule has 3 heteroatoms. The second-order valence-electron chi connectivity index (χ2n) is 6.94. The topological polar surface area (TPSA) is 38.5 Å². The van der Waals surface area contributed by atoms with Gasteiger partial charge in [-0.3, -0.25) is 0 Å². The third-order valence-electron chi connectivity index (χ3n) is 4.82. The fourth-order valence-electron chi connectivity index (χ4n) is 3.27. The normalized spacial score (nSPS) is 33.0. The number of hydrogen-bond acceptors (Lipinski definition) is 3. The Labute approximate surface area is 111 Å². The minimum absolute atomic E-state index is 0.252. The highest BCUT2D eigenvalue weighted by molar-refractivity contribution is 4.90. The van der Waals surface area contributed by atoms with Gasteiger partial charge in [-0.2, -0.15) is 0 Å². The highest BCUT2D eigenvalue weighted by Gasteiger charge is 2.37. The maximum atomic E-state index is 6.07. The van der Waals surface area contributed by atoms with Crippen molar-refractivity contribution in [2.75, 3.05) is 39.4 Å². The van der Waals surface area contributed by atoms with Gasteiger partial charge in [-0.05, 0) is 50.4 Å². The molecule has 1 atom stereocenters. The SMILES string of the molecule is NCC1(CN(CC2CC2)CC2CC2)CCCOC1. The monoisotopic (exact) mass is 252 g/mol. The van der Waals surface area contributed by atoms with Gasteiger partial charge in [0.05, 0.1) is 6.61 Å². The zero-order chi connectivity index (χ0) is 12.4. The van der Waals surface area contributed by atoms with Crippen molar-refractivity contribution in [1.29, 1.82) is 0 Å². The lowest BCUT2D eigenvalue weighted by Crippen LogP contribution is -2.48. The van der Waals surface area contributed by atoms with Crippen LogP contribution in [0.2, 0.25) is 0 Å². The summed E-state index contributed by atoms with van der Waals surface area (Å²) in [6.07, 6.45) is 8.26. The van der Waals surface area contributed by atoms with Crippen molar-refractivity contribution in [3.63, 3.8) is 0 Å². The number of nitrogens with two attached hydrogens (primary N) is 1. The van der Waals surface area contributed by atoms with E-state index < -0.39 is 0 Å². The fraction of sp³-hybridized carbons (Fsp3) is 1.00. The Morgan fingerprint density at radius 1 is 1.11 bits per heavy atom. The summed E-state index contributed by atoms with van der Waals surface area (Å²) in [7, 11) is 0. The average Bonchev–Trinajstić information content (AvgIpc) is 3.27. The molecule has 18 heavy (non-hydrogen) atoms. The van der Waals surface area contributed by atoms with Crippen LogP contribution >= 0.6 is 0 Å². The third-order valence-corrected chi connectivity index (χ3v) is 4.82. The van der Waals surface area contributed by atoms with Crippen molar-refractivity contribution in [3.05, 3.63) is 0 Å². The molecule has 2 N–H and O–H groups in total. The largest absolute Gasteiger partial charge is 0.381 e. The third kappa shape index (κ3) is 3.46. The predicted octanol–water partition coefficient (Wildman–Crippen LogP) is 1.86.